The van der Waals surface area contributed by atoms with Crippen molar-refractivity contribution in [2.75, 3.05) is 13.1 Å². The molecule has 0 saturated carbocycles. The van der Waals surface area contributed by atoms with Gasteiger partial charge in [0.25, 0.3) is 5.69 Å². The molecule has 2 aromatic rings. The van der Waals surface area contributed by atoms with Gasteiger partial charge >= 0.3 is 0 Å². The Morgan fingerprint density at radius 2 is 1.72 bits per heavy atom. The maximum atomic E-state index is 12.6. The Bertz CT molecular complexity index is 895. The summed E-state index contributed by atoms with van der Waals surface area (Å²) < 4.78 is 26.6. The fourth-order valence-corrected chi connectivity index (χ4v) is 5.16. The van der Waals surface area contributed by atoms with Crippen LogP contribution < -0.4 is 0 Å². The molecule has 1 saturated heterocycles. The van der Waals surface area contributed by atoms with E-state index < -0.39 is 14.9 Å². The second kappa shape index (κ2) is 7.33. The molecule has 25 heavy (non-hydrogen) atoms. The minimum absolute atomic E-state index is 0.0402. The molecule has 0 aromatic heterocycles. The van der Waals surface area contributed by atoms with Crippen molar-refractivity contribution in [1.82, 2.24) is 4.31 Å². The number of rotatable bonds is 5. The summed E-state index contributed by atoms with van der Waals surface area (Å²) in [4.78, 5) is 12.0. The maximum absolute atomic E-state index is 12.6. The predicted octanol–water partition coefficient (Wildman–Crippen LogP) is 4.18. The molecular weight excluding hydrogens is 384 g/mol. The summed E-state index contributed by atoms with van der Waals surface area (Å²) in [5.41, 5.74) is -0.222. The van der Waals surface area contributed by atoms with E-state index in [-0.39, 0.29) is 10.6 Å². The third-order valence-corrected chi connectivity index (χ3v) is 7.09. The summed E-state index contributed by atoms with van der Waals surface area (Å²) in [6.45, 7) is 0.912. The highest BCUT2D eigenvalue weighted by molar-refractivity contribution is 7.99. The molecule has 0 radical (unpaired) electrons. The van der Waals surface area contributed by atoms with Gasteiger partial charge in [0.05, 0.1) is 14.7 Å². The first-order valence-corrected chi connectivity index (χ1v) is 10.2. The van der Waals surface area contributed by atoms with E-state index in [1.54, 1.807) is 24.3 Å². The Morgan fingerprint density at radius 1 is 1.08 bits per heavy atom. The lowest BCUT2D eigenvalue weighted by Gasteiger charge is -2.15. The first-order chi connectivity index (χ1) is 11.9. The molecule has 9 heteroatoms. The third kappa shape index (κ3) is 3.98. The average molecular weight is 399 g/mol. The summed E-state index contributed by atoms with van der Waals surface area (Å²) in [5.74, 6) is 0. The van der Waals surface area contributed by atoms with Crippen LogP contribution in [-0.2, 0) is 10.0 Å². The molecule has 1 fully saturated rings. The number of nitro groups is 1. The normalized spacial score (nSPS) is 15.4. The number of hydrogen-bond donors (Lipinski definition) is 0. The molecular formula is C16H15ClN2O4S2. The zero-order chi connectivity index (χ0) is 18.0. The molecule has 2 aromatic carbocycles. The summed E-state index contributed by atoms with van der Waals surface area (Å²) >= 11 is 7.03. The van der Waals surface area contributed by atoms with Gasteiger partial charge < -0.3 is 0 Å². The van der Waals surface area contributed by atoms with Crippen molar-refractivity contribution in [2.45, 2.75) is 27.5 Å². The molecule has 0 aliphatic carbocycles. The zero-order valence-electron chi connectivity index (χ0n) is 13.1. The van der Waals surface area contributed by atoms with Gasteiger partial charge in [-0.05, 0) is 49.2 Å². The van der Waals surface area contributed by atoms with Crippen LogP contribution in [0.4, 0.5) is 5.69 Å². The quantitative estimate of drug-likeness (QED) is 0.557. The van der Waals surface area contributed by atoms with Gasteiger partial charge in [0, 0.05) is 29.1 Å². The third-order valence-electron chi connectivity index (χ3n) is 3.87. The van der Waals surface area contributed by atoms with Crippen LogP contribution in [0.15, 0.2) is 57.2 Å². The summed E-state index contributed by atoms with van der Waals surface area (Å²) in [7, 11) is -3.69. The Kier molecular flexibility index (Phi) is 5.33. The molecule has 1 heterocycles. The summed E-state index contributed by atoms with van der Waals surface area (Å²) in [5, 5.41) is 12.0. The lowest BCUT2D eigenvalue weighted by Crippen LogP contribution is -2.27. The van der Waals surface area contributed by atoms with Crippen LogP contribution in [0.5, 0.6) is 0 Å². The van der Waals surface area contributed by atoms with Gasteiger partial charge in [0.2, 0.25) is 10.0 Å². The zero-order valence-corrected chi connectivity index (χ0v) is 15.5. The van der Waals surface area contributed by atoms with Gasteiger partial charge in [0.1, 0.15) is 0 Å². The molecule has 1 aliphatic rings. The number of benzene rings is 2. The topological polar surface area (TPSA) is 80.5 Å². The van der Waals surface area contributed by atoms with Crippen LogP contribution in [0.3, 0.4) is 0 Å². The average Bonchev–Trinajstić information content (AvgIpc) is 3.12. The highest BCUT2D eigenvalue weighted by Gasteiger charge is 2.29. The number of nitro benzene ring substituents is 1. The highest BCUT2D eigenvalue weighted by Crippen LogP contribution is 2.37. The van der Waals surface area contributed by atoms with Crippen LogP contribution >= 0.6 is 23.4 Å². The monoisotopic (exact) mass is 398 g/mol. The minimum atomic E-state index is -3.69. The van der Waals surface area contributed by atoms with Crippen molar-refractivity contribution in [3.8, 4) is 0 Å². The van der Waals surface area contributed by atoms with Crippen molar-refractivity contribution >= 4 is 39.1 Å². The van der Waals surface area contributed by atoms with Gasteiger partial charge in [-0.2, -0.15) is 4.31 Å². The largest absolute Gasteiger partial charge is 0.284 e. The van der Waals surface area contributed by atoms with E-state index in [9.17, 15) is 18.5 Å². The lowest BCUT2D eigenvalue weighted by molar-refractivity contribution is -0.388. The Hall–Kier alpha value is -1.61. The molecule has 6 nitrogen and oxygen atoms in total. The first kappa shape index (κ1) is 18.2. The van der Waals surface area contributed by atoms with E-state index in [0.29, 0.717) is 23.0 Å². The second-order valence-electron chi connectivity index (χ2n) is 5.55. The SMILES string of the molecule is O=[N+]([O-])c1cc(S(=O)(=O)N2CCCC2)ccc1Sc1ccc(Cl)cc1. The van der Waals surface area contributed by atoms with Gasteiger partial charge in [-0.25, -0.2) is 8.42 Å². The van der Waals surface area contributed by atoms with E-state index >= 15 is 0 Å². The number of sulfonamides is 1. The Morgan fingerprint density at radius 3 is 2.32 bits per heavy atom. The van der Waals surface area contributed by atoms with Gasteiger partial charge in [0.15, 0.2) is 0 Å². The molecule has 0 N–H and O–H groups in total. The summed E-state index contributed by atoms with van der Waals surface area (Å²) in [6, 6.07) is 11.0. The molecule has 0 spiro atoms. The minimum Gasteiger partial charge on any atom is -0.258 e. The second-order valence-corrected chi connectivity index (χ2v) is 9.04. The van der Waals surface area contributed by atoms with E-state index in [1.807, 2.05) is 0 Å². The molecule has 3 rings (SSSR count). The van der Waals surface area contributed by atoms with E-state index in [1.165, 1.54) is 28.2 Å². The highest BCUT2D eigenvalue weighted by atomic mass is 35.5. The van der Waals surface area contributed by atoms with Crippen LogP contribution in [0.25, 0.3) is 0 Å². The molecule has 1 aliphatic heterocycles. The molecule has 132 valence electrons. The molecule has 0 unspecified atom stereocenters. The Balaban J connectivity index is 1.95. The van der Waals surface area contributed by atoms with Crippen LogP contribution in [0.2, 0.25) is 5.02 Å². The first-order valence-electron chi connectivity index (χ1n) is 7.60. The lowest BCUT2D eigenvalue weighted by atomic mass is 10.3. The van der Waals surface area contributed by atoms with Gasteiger partial charge in [-0.15, -0.1) is 0 Å². The van der Waals surface area contributed by atoms with E-state index in [2.05, 4.69) is 0 Å². The predicted molar refractivity (Wildman–Crippen MR) is 96.7 cm³/mol. The molecule has 0 bridgehead atoms. The van der Waals surface area contributed by atoms with E-state index in [4.69, 9.17) is 11.6 Å². The number of halogens is 1. The maximum Gasteiger partial charge on any atom is 0.284 e. The smallest absolute Gasteiger partial charge is 0.258 e. The molecule has 0 atom stereocenters. The van der Waals surface area contributed by atoms with Crippen molar-refractivity contribution in [3.63, 3.8) is 0 Å². The van der Waals surface area contributed by atoms with Gasteiger partial charge in [-0.3, -0.25) is 10.1 Å². The van der Waals surface area contributed by atoms with Crippen molar-refractivity contribution in [2.24, 2.45) is 0 Å². The van der Waals surface area contributed by atoms with Crippen LogP contribution in [-0.4, -0.2) is 30.7 Å². The standard InChI is InChI=1S/C16H15ClN2O4S2/c17-12-3-5-13(6-4-12)24-16-8-7-14(11-15(16)19(20)21)25(22,23)18-9-1-2-10-18/h3-8,11H,1-2,9-10H2. The van der Waals surface area contributed by atoms with Crippen LogP contribution in [0, 0.1) is 10.1 Å². The fraction of sp³-hybridized carbons (Fsp3) is 0.250. The molecule has 0 amide bonds. The van der Waals surface area contributed by atoms with Crippen molar-refractivity contribution in [1.29, 1.82) is 0 Å². The Labute approximate surface area is 155 Å². The number of nitrogens with zero attached hydrogens (tertiary/aromatic N) is 2. The van der Waals surface area contributed by atoms with Crippen molar-refractivity contribution in [3.05, 3.63) is 57.6 Å². The van der Waals surface area contributed by atoms with Crippen molar-refractivity contribution < 1.29 is 13.3 Å². The van der Waals surface area contributed by atoms with Gasteiger partial charge in [-0.1, -0.05) is 23.4 Å². The van der Waals surface area contributed by atoms with Crippen LogP contribution in [0.1, 0.15) is 12.8 Å². The number of hydrogen-bond acceptors (Lipinski definition) is 5. The fourth-order valence-electron chi connectivity index (χ4n) is 2.59. The van der Waals surface area contributed by atoms with E-state index in [0.717, 1.165) is 23.8 Å². The summed E-state index contributed by atoms with van der Waals surface area (Å²) in [6.07, 6.45) is 1.62.